The van der Waals surface area contributed by atoms with Gasteiger partial charge in [-0.25, -0.2) is 0 Å². The minimum absolute atomic E-state index is 0.0203. The first kappa shape index (κ1) is 19.0. The van der Waals surface area contributed by atoms with Crippen LogP contribution in [-0.2, 0) is 11.2 Å². The number of rotatable bonds is 8. The summed E-state index contributed by atoms with van der Waals surface area (Å²) in [7, 11) is 0. The second kappa shape index (κ2) is 8.28. The van der Waals surface area contributed by atoms with Crippen molar-refractivity contribution in [2.75, 3.05) is 13.1 Å². The zero-order valence-corrected chi connectivity index (χ0v) is 15.6. The average molecular weight is 372 g/mol. The second-order valence-electron chi connectivity index (χ2n) is 7.38. The Morgan fingerprint density at radius 2 is 2.19 bits per heavy atom. The van der Waals surface area contributed by atoms with Crippen LogP contribution in [-0.4, -0.2) is 39.0 Å². The van der Waals surface area contributed by atoms with Crippen LogP contribution in [0.2, 0.25) is 0 Å². The van der Waals surface area contributed by atoms with Crippen LogP contribution < -0.4 is 0 Å². The molecule has 1 fully saturated rings. The third kappa shape index (κ3) is 4.69. The second-order valence-corrected chi connectivity index (χ2v) is 7.38. The van der Waals surface area contributed by atoms with Crippen LogP contribution in [0.1, 0.15) is 39.0 Å². The van der Waals surface area contributed by atoms with Gasteiger partial charge in [-0.05, 0) is 18.8 Å². The molecule has 144 valence electrons. The van der Waals surface area contributed by atoms with E-state index < -0.39 is 4.92 Å². The fourth-order valence-electron chi connectivity index (χ4n) is 3.11. The number of benzene rings is 1. The van der Waals surface area contributed by atoms with Crippen molar-refractivity contribution in [3.05, 3.63) is 40.3 Å². The topological polar surface area (TPSA) is 102 Å². The van der Waals surface area contributed by atoms with E-state index >= 15 is 0 Å². The van der Waals surface area contributed by atoms with E-state index in [9.17, 15) is 14.9 Å². The minimum atomic E-state index is -0.458. The summed E-state index contributed by atoms with van der Waals surface area (Å²) in [5.41, 5.74) is 0.511. The summed E-state index contributed by atoms with van der Waals surface area (Å²) in [5, 5.41) is 14.8. The molecule has 0 unspecified atom stereocenters. The van der Waals surface area contributed by atoms with Gasteiger partial charge in [0.25, 0.3) is 5.69 Å². The van der Waals surface area contributed by atoms with Gasteiger partial charge in [0.1, 0.15) is 0 Å². The van der Waals surface area contributed by atoms with Crippen molar-refractivity contribution in [1.82, 2.24) is 15.0 Å². The lowest BCUT2D eigenvalue weighted by molar-refractivity contribution is -0.384. The first-order valence-corrected chi connectivity index (χ1v) is 9.30. The third-order valence-corrected chi connectivity index (χ3v) is 4.73. The molecule has 1 saturated carbocycles. The molecule has 0 saturated heterocycles. The van der Waals surface area contributed by atoms with Crippen molar-refractivity contribution in [3.63, 3.8) is 0 Å². The Labute approximate surface area is 157 Å². The van der Waals surface area contributed by atoms with E-state index in [-0.39, 0.29) is 17.5 Å². The van der Waals surface area contributed by atoms with Gasteiger partial charge in [-0.2, -0.15) is 4.98 Å². The molecule has 8 nitrogen and oxygen atoms in total. The van der Waals surface area contributed by atoms with Gasteiger partial charge in [0.15, 0.2) is 0 Å². The summed E-state index contributed by atoms with van der Waals surface area (Å²) in [5.74, 6) is 1.50. The normalized spacial score (nSPS) is 14.2. The predicted molar refractivity (Wildman–Crippen MR) is 98.9 cm³/mol. The van der Waals surface area contributed by atoms with E-state index in [1.807, 2.05) is 4.90 Å². The number of aromatic nitrogens is 2. The quantitative estimate of drug-likeness (QED) is 0.519. The highest BCUT2D eigenvalue weighted by Crippen LogP contribution is 2.28. The molecule has 1 aromatic heterocycles. The maximum atomic E-state index is 12.6. The van der Waals surface area contributed by atoms with Crippen molar-refractivity contribution in [1.29, 1.82) is 0 Å². The van der Waals surface area contributed by atoms with Gasteiger partial charge in [0.05, 0.1) is 4.92 Å². The zero-order valence-electron chi connectivity index (χ0n) is 15.6. The molecule has 0 aliphatic heterocycles. The Morgan fingerprint density at radius 1 is 1.41 bits per heavy atom. The van der Waals surface area contributed by atoms with Gasteiger partial charge in [-0.15, -0.1) is 0 Å². The van der Waals surface area contributed by atoms with Crippen molar-refractivity contribution >= 4 is 11.6 Å². The van der Waals surface area contributed by atoms with Crippen LogP contribution in [0.5, 0.6) is 0 Å². The maximum Gasteiger partial charge on any atom is 0.270 e. The van der Waals surface area contributed by atoms with Crippen molar-refractivity contribution in [3.8, 4) is 11.4 Å². The number of non-ortho nitro benzene ring substituents is 1. The lowest BCUT2D eigenvalue weighted by Gasteiger charge is -2.32. The summed E-state index contributed by atoms with van der Waals surface area (Å²) in [6.07, 6.45) is 3.55. The van der Waals surface area contributed by atoms with Gasteiger partial charge in [-0.1, -0.05) is 37.6 Å². The molecule has 0 bridgehead atoms. The fourth-order valence-corrected chi connectivity index (χ4v) is 3.11. The summed E-state index contributed by atoms with van der Waals surface area (Å²) in [4.78, 5) is 29.3. The number of carbonyl (C=O) groups excluding carboxylic acids is 1. The van der Waals surface area contributed by atoms with Crippen LogP contribution in [0.25, 0.3) is 11.4 Å². The van der Waals surface area contributed by atoms with E-state index in [1.165, 1.54) is 12.1 Å². The molecular formula is C19H24N4O4. The lowest BCUT2D eigenvalue weighted by atomic mass is 9.84. The number of hydrogen-bond donors (Lipinski definition) is 0. The Balaban J connectivity index is 1.66. The van der Waals surface area contributed by atoms with Gasteiger partial charge in [0, 0.05) is 43.1 Å². The molecule has 1 heterocycles. The Bertz CT molecular complexity index is 814. The minimum Gasteiger partial charge on any atom is -0.342 e. The Kier molecular flexibility index (Phi) is 5.83. The Morgan fingerprint density at radius 3 is 2.81 bits per heavy atom. The van der Waals surface area contributed by atoms with E-state index in [0.29, 0.717) is 42.7 Å². The summed E-state index contributed by atoms with van der Waals surface area (Å²) >= 11 is 0. The molecule has 1 aromatic carbocycles. The van der Waals surface area contributed by atoms with Crippen molar-refractivity contribution < 1.29 is 14.2 Å². The first-order valence-electron chi connectivity index (χ1n) is 9.30. The molecule has 0 atom stereocenters. The van der Waals surface area contributed by atoms with Crippen LogP contribution in [0.3, 0.4) is 0 Å². The highest BCUT2D eigenvalue weighted by Gasteiger charge is 2.29. The van der Waals surface area contributed by atoms with E-state index in [2.05, 4.69) is 24.0 Å². The van der Waals surface area contributed by atoms with Crippen molar-refractivity contribution in [2.24, 2.45) is 11.8 Å². The number of hydrogen-bond acceptors (Lipinski definition) is 6. The van der Waals surface area contributed by atoms with E-state index in [4.69, 9.17) is 4.52 Å². The SMILES string of the molecule is CC(C)CN(CCc1nc(-c2cccc([N+](=O)[O-])c2)no1)C(=O)C1CCC1. The van der Waals surface area contributed by atoms with Crippen molar-refractivity contribution in [2.45, 2.75) is 39.5 Å². The molecule has 0 N–H and O–H groups in total. The summed E-state index contributed by atoms with van der Waals surface area (Å²) in [6, 6.07) is 6.12. The van der Waals surface area contributed by atoms with E-state index in [1.54, 1.807) is 12.1 Å². The predicted octanol–water partition coefficient (Wildman–Crippen LogP) is 3.47. The molecule has 2 aromatic rings. The molecular weight excluding hydrogens is 348 g/mol. The first-order chi connectivity index (χ1) is 12.9. The zero-order chi connectivity index (χ0) is 19.4. The van der Waals surface area contributed by atoms with Crippen LogP contribution >= 0.6 is 0 Å². The van der Waals surface area contributed by atoms with E-state index in [0.717, 1.165) is 19.3 Å². The number of amides is 1. The monoisotopic (exact) mass is 372 g/mol. The average Bonchev–Trinajstić information content (AvgIpc) is 3.05. The number of nitro benzene ring substituents is 1. The number of nitro groups is 1. The molecule has 8 heteroatoms. The smallest absolute Gasteiger partial charge is 0.270 e. The standard InChI is InChI=1S/C19H24N4O4/c1-13(2)12-22(19(24)14-5-3-6-14)10-9-17-20-18(21-27-17)15-7-4-8-16(11-15)23(25)26/h4,7-8,11,13-14H,3,5-6,9-10,12H2,1-2H3. The van der Waals surface area contributed by atoms with Crippen LogP contribution in [0.15, 0.2) is 28.8 Å². The number of nitrogens with zero attached hydrogens (tertiary/aromatic N) is 4. The third-order valence-electron chi connectivity index (χ3n) is 4.73. The Hall–Kier alpha value is -2.77. The fraction of sp³-hybridized carbons (Fsp3) is 0.526. The highest BCUT2D eigenvalue weighted by atomic mass is 16.6. The molecule has 1 amide bonds. The summed E-state index contributed by atoms with van der Waals surface area (Å²) in [6.45, 7) is 5.42. The molecule has 0 spiro atoms. The molecule has 3 rings (SSSR count). The lowest BCUT2D eigenvalue weighted by Crippen LogP contribution is -2.42. The maximum absolute atomic E-state index is 12.6. The number of carbonyl (C=O) groups is 1. The molecule has 0 radical (unpaired) electrons. The largest absolute Gasteiger partial charge is 0.342 e. The molecule has 1 aliphatic rings. The van der Waals surface area contributed by atoms with Gasteiger partial charge >= 0.3 is 0 Å². The van der Waals surface area contributed by atoms with Gasteiger partial charge in [-0.3, -0.25) is 14.9 Å². The van der Waals surface area contributed by atoms with Crippen LogP contribution in [0, 0.1) is 22.0 Å². The van der Waals surface area contributed by atoms with Crippen LogP contribution in [0.4, 0.5) is 5.69 Å². The highest BCUT2D eigenvalue weighted by molar-refractivity contribution is 5.79. The molecule has 1 aliphatic carbocycles. The molecule has 27 heavy (non-hydrogen) atoms. The van der Waals surface area contributed by atoms with Gasteiger partial charge in [0.2, 0.25) is 17.6 Å². The van der Waals surface area contributed by atoms with Gasteiger partial charge < -0.3 is 9.42 Å². The summed E-state index contributed by atoms with van der Waals surface area (Å²) < 4.78 is 5.29.